The van der Waals surface area contributed by atoms with E-state index in [0.717, 1.165) is 5.56 Å². The van der Waals surface area contributed by atoms with Gasteiger partial charge in [-0.1, -0.05) is 12.1 Å². The lowest BCUT2D eigenvalue weighted by atomic mass is 10.2. The van der Waals surface area contributed by atoms with Crippen molar-refractivity contribution in [1.82, 2.24) is 0 Å². The molecule has 20 heavy (non-hydrogen) atoms. The maximum Gasteiger partial charge on any atom is 0.232 e. The molecule has 0 saturated carbocycles. The summed E-state index contributed by atoms with van der Waals surface area (Å²) in [6, 6.07) is 7.01. The molecule has 1 aromatic carbocycles. The maximum atomic E-state index is 11.8. The Hall–Kier alpha value is -0.820. The fraction of sp³-hybridized carbons (Fsp3) is 0.538. The second-order valence-electron chi connectivity index (χ2n) is 4.51. The average molecular weight is 320 g/mol. The molecule has 0 aromatic heterocycles. The van der Waals surface area contributed by atoms with Crippen molar-refractivity contribution in [1.29, 1.82) is 0 Å². The minimum absolute atomic E-state index is 0.0797. The van der Waals surface area contributed by atoms with Crippen LogP contribution in [0.5, 0.6) is 0 Å². The van der Waals surface area contributed by atoms with E-state index in [1.165, 1.54) is 0 Å². The largest absolute Gasteiger partial charge is 0.346 e. The fourth-order valence-corrected chi connectivity index (χ4v) is 3.25. The summed E-state index contributed by atoms with van der Waals surface area (Å²) in [6.45, 7) is 1.17. The molecule has 0 bridgehead atoms. The van der Waals surface area contributed by atoms with Gasteiger partial charge in [0.1, 0.15) is 0 Å². The van der Waals surface area contributed by atoms with Gasteiger partial charge in [0, 0.05) is 17.1 Å². The van der Waals surface area contributed by atoms with Crippen LogP contribution in [0.4, 0.5) is 5.69 Å². The molecule has 0 spiro atoms. The van der Waals surface area contributed by atoms with E-state index in [2.05, 4.69) is 4.72 Å². The van der Waals surface area contributed by atoms with E-state index in [-0.39, 0.29) is 12.0 Å². The molecule has 0 aliphatic carbocycles. The van der Waals surface area contributed by atoms with E-state index in [1.807, 2.05) is 0 Å². The maximum absolute atomic E-state index is 11.8. The van der Waals surface area contributed by atoms with Crippen LogP contribution in [0.3, 0.4) is 0 Å². The topological polar surface area (TPSA) is 64.6 Å². The molecule has 1 fully saturated rings. The lowest BCUT2D eigenvalue weighted by Gasteiger charge is -2.11. The summed E-state index contributed by atoms with van der Waals surface area (Å²) in [7, 11) is -3.31. The van der Waals surface area contributed by atoms with Gasteiger partial charge in [-0.3, -0.25) is 4.72 Å². The predicted octanol–water partition coefficient (Wildman–Crippen LogP) is 2.49. The molecule has 2 rings (SSSR count). The molecule has 0 unspecified atom stereocenters. The van der Waals surface area contributed by atoms with Crippen LogP contribution in [0.25, 0.3) is 0 Å². The van der Waals surface area contributed by atoms with Gasteiger partial charge in [0.2, 0.25) is 10.0 Å². The number of nitrogens with one attached hydrogen (secondary N) is 1. The summed E-state index contributed by atoms with van der Waals surface area (Å²) in [4.78, 5) is 0. The van der Waals surface area contributed by atoms with Gasteiger partial charge >= 0.3 is 0 Å². The normalized spacial score (nSPS) is 16.4. The quantitative estimate of drug-likeness (QED) is 0.619. The minimum atomic E-state index is -3.31. The molecular weight excluding hydrogens is 302 g/mol. The Morgan fingerprint density at radius 2 is 1.80 bits per heavy atom. The van der Waals surface area contributed by atoms with E-state index in [1.54, 1.807) is 24.3 Å². The van der Waals surface area contributed by atoms with E-state index in [4.69, 9.17) is 21.1 Å². The number of unbranched alkanes of at least 4 members (excludes halogenated alkanes) is 1. The Morgan fingerprint density at radius 3 is 2.40 bits per heavy atom. The van der Waals surface area contributed by atoms with Crippen LogP contribution in [0, 0.1) is 0 Å². The molecule has 1 aliphatic heterocycles. The highest BCUT2D eigenvalue weighted by molar-refractivity contribution is 7.92. The van der Waals surface area contributed by atoms with Crippen molar-refractivity contribution in [2.24, 2.45) is 0 Å². The van der Waals surface area contributed by atoms with Gasteiger partial charge in [0.25, 0.3) is 0 Å². The number of alkyl halides is 1. The number of rotatable bonds is 7. The number of anilines is 1. The minimum Gasteiger partial charge on any atom is -0.346 e. The summed E-state index contributed by atoms with van der Waals surface area (Å²) in [5.74, 6) is 0.557. The van der Waals surface area contributed by atoms with Crippen molar-refractivity contribution in [2.75, 3.05) is 29.6 Å². The first-order chi connectivity index (χ1) is 9.61. The molecule has 1 aliphatic rings. The van der Waals surface area contributed by atoms with Gasteiger partial charge in [-0.05, 0) is 25.0 Å². The van der Waals surface area contributed by atoms with Crippen molar-refractivity contribution in [3.05, 3.63) is 29.8 Å². The SMILES string of the molecule is O=S(=O)(CCCCCl)Nc1ccc(C2OCCO2)cc1. The highest BCUT2D eigenvalue weighted by Gasteiger charge is 2.18. The third-order valence-electron chi connectivity index (χ3n) is 2.87. The number of halogens is 1. The molecule has 1 N–H and O–H groups in total. The number of hydrogen-bond acceptors (Lipinski definition) is 4. The van der Waals surface area contributed by atoms with Crippen LogP contribution in [0.15, 0.2) is 24.3 Å². The fourth-order valence-electron chi connectivity index (χ4n) is 1.88. The first-order valence-corrected chi connectivity index (χ1v) is 8.69. The van der Waals surface area contributed by atoms with Crippen LogP contribution >= 0.6 is 11.6 Å². The first-order valence-electron chi connectivity index (χ1n) is 6.50. The summed E-state index contributed by atoms with van der Waals surface area (Å²) < 4.78 is 36.9. The van der Waals surface area contributed by atoms with Crippen LogP contribution < -0.4 is 4.72 Å². The molecule has 0 atom stereocenters. The Labute approximate surface area is 124 Å². The lowest BCUT2D eigenvalue weighted by molar-refractivity contribution is -0.0441. The monoisotopic (exact) mass is 319 g/mol. The highest BCUT2D eigenvalue weighted by Crippen LogP contribution is 2.24. The second-order valence-corrected chi connectivity index (χ2v) is 6.73. The zero-order chi connectivity index (χ0) is 14.4. The predicted molar refractivity (Wildman–Crippen MR) is 78.5 cm³/mol. The molecule has 112 valence electrons. The van der Waals surface area contributed by atoms with E-state index in [0.29, 0.717) is 37.6 Å². The second kappa shape index (κ2) is 7.26. The summed E-state index contributed by atoms with van der Waals surface area (Å²) in [5.41, 5.74) is 1.42. The van der Waals surface area contributed by atoms with Gasteiger partial charge in [-0.15, -0.1) is 11.6 Å². The van der Waals surface area contributed by atoms with Gasteiger partial charge in [0.05, 0.1) is 19.0 Å². The van der Waals surface area contributed by atoms with E-state index >= 15 is 0 Å². The molecular formula is C13H18ClNO4S. The van der Waals surface area contributed by atoms with Crippen molar-refractivity contribution in [3.8, 4) is 0 Å². The van der Waals surface area contributed by atoms with Crippen molar-refractivity contribution >= 4 is 27.3 Å². The molecule has 0 amide bonds. The summed E-state index contributed by atoms with van der Waals surface area (Å²) >= 11 is 5.53. The Balaban J connectivity index is 1.92. The Kier molecular flexibility index (Phi) is 5.65. The lowest BCUT2D eigenvalue weighted by Crippen LogP contribution is -2.16. The van der Waals surface area contributed by atoms with E-state index < -0.39 is 10.0 Å². The highest BCUT2D eigenvalue weighted by atomic mass is 35.5. The van der Waals surface area contributed by atoms with Crippen LogP contribution in [0.2, 0.25) is 0 Å². The first kappa shape index (κ1) is 15.6. The van der Waals surface area contributed by atoms with Crippen molar-refractivity contribution in [2.45, 2.75) is 19.1 Å². The van der Waals surface area contributed by atoms with Gasteiger partial charge in [-0.2, -0.15) is 0 Å². The smallest absolute Gasteiger partial charge is 0.232 e. The van der Waals surface area contributed by atoms with Crippen LogP contribution in [-0.2, 0) is 19.5 Å². The molecule has 0 radical (unpaired) electrons. The molecule has 1 heterocycles. The third kappa shape index (κ3) is 4.63. The third-order valence-corrected chi connectivity index (χ3v) is 4.51. The number of benzene rings is 1. The zero-order valence-electron chi connectivity index (χ0n) is 11.0. The van der Waals surface area contributed by atoms with Crippen molar-refractivity contribution in [3.63, 3.8) is 0 Å². The van der Waals surface area contributed by atoms with Crippen LogP contribution in [0.1, 0.15) is 24.7 Å². The molecule has 1 aromatic rings. The van der Waals surface area contributed by atoms with Crippen LogP contribution in [-0.4, -0.2) is 33.3 Å². The average Bonchev–Trinajstić information content (AvgIpc) is 2.93. The Bertz CT molecular complexity index is 512. The molecule has 7 heteroatoms. The number of ether oxygens (including phenoxy) is 2. The van der Waals surface area contributed by atoms with Gasteiger partial charge < -0.3 is 9.47 Å². The van der Waals surface area contributed by atoms with Gasteiger partial charge in [-0.25, -0.2) is 8.42 Å². The zero-order valence-corrected chi connectivity index (χ0v) is 12.6. The molecule has 5 nitrogen and oxygen atoms in total. The summed E-state index contributed by atoms with van der Waals surface area (Å²) in [6.07, 6.45) is 0.905. The molecule has 1 saturated heterocycles. The number of hydrogen-bond donors (Lipinski definition) is 1. The summed E-state index contributed by atoms with van der Waals surface area (Å²) in [5, 5.41) is 0. The Morgan fingerprint density at radius 1 is 1.15 bits per heavy atom. The van der Waals surface area contributed by atoms with E-state index in [9.17, 15) is 8.42 Å². The number of sulfonamides is 1. The van der Waals surface area contributed by atoms with Crippen molar-refractivity contribution < 1.29 is 17.9 Å². The van der Waals surface area contributed by atoms with Gasteiger partial charge in [0.15, 0.2) is 6.29 Å². The standard InChI is InChI=1S/C13H18ClNO4S/c14-7-1-2-10-20(16,17)15-12-5-3-11(4-6-12)13-18-8-9-19-13/h3-6,13,15H,1-2,7-10H2.